The monoisotopic (exact) mass is 563 g/mol. The summed E-state index contributed by atoms with van der Waals surface area (Å²) in [6.45, 7) is 8.27. The first-order valence-corrected chi connectivity index (χ1v) is 13.1. The molecule has 0 bridgehead atoms. The Balaban J connectivity index is 1.41. The van der Waals surface area contributed by atoms with Gasteiger partial charge in [0.15, 0.2) is 5.13 Å². The molecule has 2 amide bonds. The van der Waals surface area contributed by atoms with Crippen LogP contribution in [0.4, 0.5) is 24.4 Å². The number of nitrogens with zero attached hydrogens (tertiary/aromatic N) is 2. The number of hydrogen-bond acceptors (Lipinski definition) is 5. The molecule has 1 unspecified atom stereocenters. The van der Waals surface area contributed by atoms with E-state index in [1.807, 2.05) is 29.6 Å². The largest absolute Gasteiger partial charge is 0.364 e. The van der Waals surface area contributed by atoms with Gasteiger partial charge < -0.3 is 15.5 Å². The van der Waals surface area contributed by atoms with Gasteiger partial charge >= 0.3 is 6.03 Å². The fraction of sp³-hybridized carbons (Fsp3) is 0.360. The first-order chi connectivity index (χ1) is 16.6. The Hall–Kier alpha value is -2.56. The number of amides is 2. The Labute approximate surface area is 216 Å². The highest BCUT2D eigenvalue weighted by Gasteiger charge is 2.27. The molecule has 10 heteroatoms. The van der Waals surface area contributed by atoms with Crippen molar-refractivity contribution in [2.24, 2.45) is 0 Å². The van der Waals surface area contributed by atoms with Crippen LogP contribution in [0.5, 0.6) is 0 Å². The molecule has 186 valence electrons. The fourth-order valence-electron chi connectivity index (χ4n) is 4.07. The van der Waals surface area contributed by atoms with Gasteiger partial charge in [-0.05, 0) is 42.3 Å². The van der Waals surface area contributed by atoms with Gasteiger partial charge in [0.2, 0.25) is 0 Å². The van der Waals surface area contributed by atoms with Crippen molar-refractivity contribution in [1.82, 2.24) is 15.6 Å². The summed E-state index contributed by atoms with van der Waals surface area (Å²) in [7, 11) is 0. The third kappa shape index (κ3) is 5.82. The van der Waals surface area contributed by atoms with E-state index in [2.05, 4.69) is 50.7 Å². The third-order valence-electron chi connectivity index (χ3n) is 6.25. The Morgan fingerprint density at radius 1 is 1.17 bits per heavy atom. The summed E-state index contributed by atoms with van der Waals surface area (Å²) in [4.78, 5) is 18.9. The highest BCUT2D eigenvalue weighted by atomic mass is 79.9. The van der Waals surface area contributed by atoms with E-state index in [1.165, 1.54) is 23.5 Å². The lowest BCUT2D eigenvalue weighted by Crippen LogP contribution is -2.44. The minimum atomic E-state index is -0.629. The predicted molar refractivity (Wildman–Crippen MR) is 140 cm³/mol. The molecule has 1 saturated heterocycles. The molecular weight excluding hydrogens is 536 g/mol. The van der Waals surface area contributed by atoms with Crippen molar-refractivity contribution in [1.29, 1.82) is 0 Å². The van der Waals surface area contributed by atoms with E-state index in [0.717, 1.165) is 15.7 Å². The lowest BCUT2D eigenvalue weighted by atomic mass is 9.82. The second kappa shape index (κ2) is 10.6. The zero-order valence-corrected chi connectivity index (χ0v) is 22.2. The Morgan fingerprint density at radius 3 is 2.43 bits per heavy atom. The molecule has 0 aliphatic carbocycles. The molecule has 1 aromatic heterocycles. The first kappa shape index (κ1) is 25.5. The summed E-state index contributed by atoms with van der Waals surface area (Å²) in [5.74, 6) is -1.26. The molecule has 2 aromatic carbocycles. The SMILES string of the molecule is CC(NC(=O)Nc1nc(C(C)(C)c2ccc(Br)cc2)cs1)c1cc(F)c(N2CCNCC2)c(F)c1. The molecule has 0 radical (unpaired) electrons. The average molecular weight is 565 g/mol. The van der Waals surface area contributed by atoms with Gasteiger partial charge in [0.1, 0.15) is 17.3 Å². The molecule has 1 atom stereocenters. The van der Waals surface area contributed by atoms with E-state index in [9.17, 15) is 13.6 Å². The van der Waals surface area contributed by atoms with Crippen molar-refractivity contribution in [2.45, 2.75) is 32.2 Å². The minimum absolute atomic E-state index is 0.0180. The van der Waals surface area contributed by atoms with Crippen molar-refractivity contribution in [2.75, 3.05) is 36.4 Å². The summed E-state index contributed by atoms with van der Waals surface area (Å²) >= 11 is 4.78. The van der Waals surface area contributed by atoms with Crippen LogP contribution in [0.3, 0.4) is 0 Å². The normalized spacial score (nSPS) is 15.1. The highest BCUT2D eigenvalue weighted by molar-refractivity contribution is 9.10. The summed E-state index contributed by atoms with van der Waals surface area (Å²) in [5.41, 5.74) is 1.92. The summed E-state index contributed by atoms with van der Waals surface area (Å²) in [6, 6.07) is 9.52. The van der Waals surface area contributed by atoms with Crippen LogP contribution in [0.15, 0.2) is 46.3 Å². The molecule has 6 nitrogen and oxygen atoms in total. The summed E-state index contributed by atoms with van der Waals surface area (Å²) < 4.78 is 30.6. The third-order valence-corrected chi connectivity index (χ3v) is 7.54. The second-order valence-corrected chi connectivity index (χ2v) is 10.8. The van der Waals surface area contributed by atoms with Crippen LogP contribution in [0.2, 0.25) is 0 Å². The van der Waals surface area contributed by atoms with Gasteiger partial charge in [-0.25, -0.2) is 18.6 Å². The van der Waals surface area contributed by atoms with Crippen molar-refractivity contribution < 1.29 is 13.6 Å². The Bertz CT molecular complexity index is 1170. The van der Waals surface area contributed by atoms with Gasteiger partial charge in [0.05, 0.1) is 11.7 Å². The smallest absolute Gasteiger partial charge is 0.321 e. The number of urea groups is 1. The van der Waals surface area contributed by atoms with E-state index >= 15 is 0 Å². The maximum Gasteiger partial charge on any atom is 0.321 e. The average Bonchev–Trinajstić information content (AvgIpc) is 3.29. The molecule has 4 rings (SSSR count). The van der Waals surface area contributed by atoms with Gasteiger partial charge in [0, 0.05) is 41.4 Å². The van der Waals surface area contributed by atoms with E-state index in [-0.39, 0.29) is 11.1 Å². The van der Waals surface area contributed by atoms with Crippen molar-refractivity contribution in [3.8, 4) is 0 Å². The zero-order valence-electron chi connectivity index (χ0n) is 19.8. The van der Waals surface area contributed by atoms with Crippen molar-refractivity contribution >= 4 is 44.1 Å². The number of carbonyl (C=O) groups is 1. The summed E-state index contributed by atoms with van der Waals surface area (Å²) in [5, 5.41) is 11.0. The van der Waals surface area contributed by atoms with E-state index in [1.54, 1.807) is 11.8 Å². The number of nitrogens with one attached hydrogen (secondary N) is 3. The van der Waals surface area contributed by atoms with Crippen molar-refractivity contribution in [3.05, 3.63) is 74.7 Å². The van der Waals surface area contributed by atoms with Gasteiger partial charge in [-0.2, -0.15) is 0 Å². The number of aromatic nitrogens is 1. The van der Waals surface area contributed by atoms with Crippen LogP contribution in [-0.2, 0) is 5.41 Å². The first-order valence-electron chi connectivity index (χ1n) is 11.4. The number of thiazole rings is 1. The Morgan fingerprint density at radius 2 is 1.80 bits per heavy atom. The maximum atomic E-state index is 14.8. The molecule has 1 fully saturated rings. The van der Waals surface area contributed by atoms with Gasteiger partial charge in [-0.1, -0.05) is 41.9 Å². The molecule has 2 heterocycles. The topological polar surface area (TPSA) is 69.3 Å². The standard InChI is InChI=1S/C25H28BrF2N5OS/c1-15(16-12-19(27)22(20(28)13-16)33-10-8-29-9-11-33)30-23(34)32-24-31-21(14-35-24)25(2,3)17-4-6-18(26)7-5-17/h4-7,12-15,29H,8-11H2,1-3H3,(H2,30,31,32,34). The lowest BCUT2D eigenvalue weighted by molar-refractivity contribution is 0.249. The summed E-state index contributed by atoms with van der Waals surface area (Å²) in [6.07, 6.45) is 0. The fourth-order valence-corrected chi connectivity index (χ4v) is 5.21. The van der Waals surface area contributed by atoms with Crippen LogP contribution in [0, 0.1) is 11.6 Å². The lowest BCUT2D eigenvalue weighted by Gasteiger charge is -2.30. The quantitative estimate of drug-likeness (QED) is 0.354. The number of piperazine rings is 1. The molecule has 3 N–H and O–H groups in total. The number of anilines is 2. The Kier molecular flexibility index (Phi) is 7.73. The number of benzene rings is 2. The molecule has 3 aromatic rings. The van der Waals surface area contributed by atoms with E-state index < -0.39 is 23.7 Å². The van der Waals surface area contributed by atoms with Crippen LogP contribution in [0.25, 0.3) is 0 Å². The van der Waals surface area contributed by atoms with Crippen LogP contribution < -0.4 is 20.9 Å². The minimum Gasteiger partial charge on any atom is -0.364 e. The molecule has 35 heavy (non-hydrogen) atoms. The number of hydrogen-bond donors (Lipinski definition) is 3. The molecule has 1 aliphatic rings. The van der Waals surface area contributed by atoms with Crippen LogP contribution in [0.1, 0.15) is 43.6 Å². The molecule has 0 saturated carbocycles. The van der Waals surface area contributed by atoms with Crippen LogP contribution >= 0.6 is 27.3 Å². The number of carbonyl (C=O) groups excluding carboxylic acids is 1. The van der Waals surface area contributed by atoms with Crippen LogP contribution in [-0.4, -0.2) is 37.2 Å². The number of rotatable bonds is 6. The number of halogens is 3. The highest BCUT2D eigenvalue weighted by Crippen LogP contribution is 2.34. The van der Waals surface area contributed by atoms with Gasteiger partial charge in [-0.15, -0.1) is 11.3 Å². The maximum absolute atomic E-state index is 14.8. The predicted octanol–water partition coefficient (Wildman–Crippen LogP) is 5.80. The molecule has 0 spiro atoms. The molecule has 1 aliphatic heterocycles. The second-order valence-electron chi connectivity index (χ2n) is 9.06. The zero-order chi connectivity index (χ0) is 25.2. The van der Waals surface area contributed by atoms with E-state index in [4.69, 9.17) is 0 Å². The van der Waals surface area contributed by atoms with Crippen molar-refractivity contribution in [3.63, 3.8) is 0 Å². The van der Waals surface area contributed by atoms with E-state index in [0.29, 0.717) is 36.9 Å². The van der Waals surface area contributed by atoms with Gasteiger partial charge in [-0.3, -0.25) is 5.32 Å². The molecular formula is C25H28BrF2N5OS. The van der Waals surface area contributed by atoms with Gasteiger partial charge in [0.25, 0.3) is 0 Å².